The molecule has 1 aromatic carbocycles. The van der Waals surface area contributed by atoms with Crippen molar-refractivity contribution in [1.82, 2.24) is 13.8 Å². The average molecular weight is 499 g/mol. The molecule has 1 atom stereocenters. The first-order valence-corrected chi connectivity index (χ1v) is 12.5. The van der Waals surface area contributed by atoms with Gasteiger partial charge in [0.25, 0.3) is 5.69 Å². The van der Waals surface area contributed by atoms with E-state index in [1.54, 1.807) is 11.8 Å². The summed E-state index contributed by atoms with van der Waals surface area (Å²) in [5.74, 6) is -0.154. The number of hydrogen-bond donors (Lipinski definition) is 0. The van der Waals surface area contributed by atoms with Crippen LogP contribution in [0.1, 0.15) is 39.8 Å². The maximum atomic E-state index is 13.5. The van der Waals surface area contributed by atoms with E-state index in [1.807, 2.05) is 50.7 Å². The van der Waals surface area contributed by atoms with Crippen molar-refractivity contribution in [3.05, 3.63) is 57.4 Å². The summed E-state index contributed by atoms with van der Waals surface area (Å²) < 4.78 is 29.9. The number of hydrogen-bond acceptors (Lipinski definition) is 5. The molecule has 0 saturated carbocycles. The smallest absolute Gasteiger partial charge is 0.289 e. The minimum absolute atomic E-state index is 0.157. The molecule has 0 saturated heterocycles. The zero-order valence-corrected chi connectivity index (χ0v) is 21.1. The van der Waals surface area contributed by atoms with E-state index in [4.69, 9.17) is 11.6 Å². The lowest BCUT2D eigenvalue weighted by atomic mass is 10.2. The van der Waals surface area contributed by atoms with Crippen molar-refractivity contribution >= 4 is 33.2 Å². The number of nitrogens with zero attached hydrogens (tertiary/aromatic N) is 4. The van der Waals surface area contributed by atoms with Gasteiger partial charge < -0.3 is 9.47 Å². The molecular formula is C22H31ClN4O5S. The summed E-state index contributed by atoms with van der Waals surface area (Å²) >= 11 is 5.85. The number of carbonyl (C=O) groups is 1. The number of carbonyl (C=O) groups excluding carboxylic acids is 1. The van der Waals surface area contributed by atoms with Crippen molar-refractivity contribution in [3.8, 4) is 0 Å². The Bertz CT molecular complexity index is 1100. The molecule has 1 aromatic heterocycles. The summed E-state index contributed by atoms with van der Waals surface area (Å²) in [6, 6.07) is 6.65. The van der Waals surface area contributed by atoms with E-state index < -0.39 is 26.7 Å². The Labute approximate surface area is 200 Å². The lowest BCUT2D eigenvalue weighted by molar-refractivity contribution is -0.384. The Kier molecular flexibility index (Phi) is 9.04. The first-order valence-electron chi connectivity index (χ1n) is 10.7. The Morgan fingerprint density at radius 2 is 1.91 bits per heavy atom. The van der Waals surface area contributed by atoms with Crippen molar-refractivity contribution < 1.29 is 18.1 Å². The molecule has 0 spiro atoms. The average Bonchev–Trinajstić information content (AvgIpc) is 3.14. The number of aryl methyl sites for hydroxylation is 1. The molecule has 0 aliphatic carbocycles. The van der Waals surface area contributed by atoms with E-state index in [1.165, 1.54) is 12.1 Å². The maximum Gasteiger partial charge on any atom is 0.289 e. The van der Waals surface area contributed by atoms with Crippen LogP contribution in [-0.2, 0) is 28.4 Å². The summed E-state index contributed by atoms with van der Waals surface area (Å²) in [6.45, 7) is 7.94. The van der Waals surface area contributed by atoms with Crippen LogP contribution >= 0.6 is 11.6 Å². The number of benzene rings is 1. The number of nitro groups is 1. The fourth-order valence-electron chi connectivity index (χ4n) is 3.39. The Morgan fingerprint density at radius 3 is 2.42 bits per heavy atom. The fraction of sp³-hybridized carbons (Fsp3) is 0.500. The van der Waals surface area contributed by atoms with Gasteiger partial charge in [-0.2, -0.15) is 4.31 Å². The standard InChI is InChI=1S/C22H31ClN4O5S/c1-6-17(4)26(33(31,32)19-9-10-20(23)21(12-19)27(29)30)15-22(28)25(13-16(2)3)14-18-8-7-11-24(18)5/h7-12,16-17H,6,13-15H2,1-5H3. The molecule has 1 unspecified atom stereocenters. The highest BCUT2D eigenvalue weighted by atomic mass is 35.5. The molecule has 11 heteroatoms. The number of rotatable bonds is 11. The Hall–Kier alpha value is -2.43. The highest BCUT2D eigenvalue weighted by Crippen LogP contribution is 2.29. The van der Waals surface area contributed by atoms with Gasteiger partial charge in [0.1, 0.15) is 5.02 Å². The first kappa shape index (κ1) is 26.8. The molecule has 182 valence electrons. The largest absolute Gasteiger partial charge is 0.353 e. The number of nitro benzene ring substituents is 1. The molecule has 1 heterocycles. The normalized spacial score (nSPS) is 12.8. The quantitative estimate of drug-likeness (QED) is 0.343. The van der Waals surface area contributed by atoms with Crippen LogP contribution in [0.4, 0.5) is 5.69 Å². The van der Waals surface area contributed by atoms with Gasteiger partial charge in [-0.1, -0.05) is 32.4 Å². The number of halogens is 1. The van der Waals surface area contributed by atoms with Crippen LogP contribution < -0.4 is 0 Å². The third-order valence-electron chi connectivity index (χ3n) is 5.44. The van der Waals surface area contributed by atoms with Crippen molar-refractivity contribution in [1.29, 1.82) is 0 Å². The molecular weight excluding hydrogens is 468 g/mol. The predicted octanol–water partition coefficient (Wildman–Crippen LogP) is 4.06. The summed E-state index contributed by atoms with van der Waals surface area (Å²) in [6.07, 6.45) is 2.35. The van der Waals surface area contributed by atoms with Crippen LogP contribution in [0.25, 0.3) is 0 Å². The van der Waals surface area contributed by atoms with Gasteiger partial charge in [-0.3, -0.25) is 14.9 Å². The van der Waals surface area contributed by atoms with Crippen LogP contribution in [0, 0.1) is 16.0 Å². The van der Waals surface area contributed by atoms with Crippen molar-refractivity contribution in [2.24, 2.45) is 13.0 Å². The second-order valence-corrected chi connectivity index (χ2v) is 10.8. The molecule has 9 nitrogen and oxygen atoms in total. The topological polar surface area (TPSA) is 106 Å². The molecule has 0 radical (unpaired) electrons. The third kappa shape index (κ3) is 6.55. The van der Waals surface area contributed by atoms with Crippen LogP contribution in [0.5, 0.6) is 0 Å². The van der Waals surface area contributed by atoms with Gasteiger partial charge in [-0.15, -0.1) is 0 Å². The molecule has 0 fully saturated rings. The van der Waals surface area contributed by atoms with Crippen LogP contribution in [0.15, 0.2) is 41.4 Å². The van der Waals surface area contributed by atoms with Gasteiger partial charge >= 0.3 is 0 Å². The molecule has 0 N–H and O–H groups in total. The van der Waals surface area contributed by atoms with E-state index in [0.717, 1.165) is 16.1 Å². The van der Waals surface area contributed by atoms with Gasteiger partial charge in [0, 0.05) is 37.6 Å². The van der Waals surface area contributed by atoms with Gasteiger partial charge in [0.05, 0.1) is 22.9 Å². The van der Waals surface area contributed by atoms with E-state index in [9.17, 15) is 23.3 Å². The second kappa shape index (κ2) is 11.1. The lowest BCUT2D eigenvalue weighted by Gasteiger charge is -2.31. The minimum Gasteiger partial charge on any atom is -0.353 e. The van der Waals surface area contributed by atoms with Crippen LogP contribution in [0.2, 0.25) is 5.02 Å². The number of sulfonamides is 1. The van der Waals surface area contributed by atoms with Crippen molar-refractivity contribution in [2.75, 3.05) is 13.1 Å². The zero-order chi connectivity index (χ0) is 24.9. The van der Waals surface area contributed by atoms with Gasteiger partial charge in [-0.25, -0.2) is 8.42 Å². The summed E-state index contributed by atoms with van der Waals surface area (Å²) in [7, 11) is -2.31. The minimum atomic E-state index is -4.19. The Morgan fingerprint density at radius 1 is 1.24 bits per heavy atom. The molecule has 2 rings (SSSR count). The molecule has 0 bridgehead atoms. The Balaban J connectivity index is 2.40. The third-order valence-corrected chi connectivity index (χ3v) is 7.71. The lowest BCUT2D eigenvalue weighted by Crippen LogP contribution is -2.47. The van der Waals surface area contributed by atoms with E-state index >= 15 is 0 Å². The van der Waals surface area contributed by atoms with Gasteiger partial charge in [0.15, 0.2) is 0 Å². The SMILES string of the molecule is CCC(C)N(CC(=O)N(Cc1cccn1C)CC(C)C)S(=O)(=O)c1ccc(Cl)c([N+](=O)[O-])c1. The van der Waals surface area contributed by atoms with Crippen LogP contribution in [-0.4, -0.2) is 52.2 Å². The highest BCUT2D eigenvalue weighted by Gasteiger charge is 2.33. The molecule has 33 heavy (non-hydrogen) atoms. The number of amides is 1. The predicted molar refractivity (Wildman–Crippen MR) is 127 cm³/mol. The fourth-order valence-corrected chi connectivity index (χ4v) is 5.26. The molecule has 0 aliphatic rings. The van der Waals surface area contributed by atoms with Crippen molar-refractivity contribution in [2.45, 2.75) is 51.6 Å². The zero-order valence-electron chi connectivity index (χ0n) is 19.6. The van der Waals surface area contributed by atoms with Crippen LogP contribution in [0.3, 0.4) is 0 Å². The first-order chi connectivity index (χ1) is 15.4. The monoisotopic (exact) mass is 498 g/mol. The highest BCUT2D eigenvalue weighted by molar-refractivity contribution is 7.89. The molecule has 0 aliphatic heterocycles. The van der Waals surface area contributed by atoms with Gasteiger partial charge in [-0.05, 0) is 43.5 Å². The second-order valence-electron chi connectivity index (χ2n) is 8.46. The summed E-state index contributed by atoms with van der Waals surface area (Å²) in [5, 5.41) is 11.1. The molecule has 2 aromatic rings. The van der Waals surface area contributed by atoms with E-state index in [-0.39, 0.29) is 28.3 Å². The van der Waals surface area contributed by atoms with E-state index in [0.29, 0.717) is 19.5 Å². The maximum absolute atomic E-state index is 13.5. The summed E-state index contributed by atoms with van der Waals surface area (Å²) in [4.78, 5) is 25.2. The molecule has 1 amide bonds. The number of aromatic nitrogens is 1. The summed E-state index contributed by atoms with van der Waals surface area (Å²) in [5.41, 5.74) is 0.425. The van der Waals surface area contributed by atoms with E-state index in [2.05, 4.69) is 0 Å². The van der Waals surface area contributed by atoms with Crippen molar-refractivity contribution in [3.63, 3.8) is 0 Å². The van der Waals surface area contributed by atoms with Gasteiger partial charge in [0.2, 0.25) is 15.9 Å².